The van der Waals surface area contributed by atoms with Crippen molar-refractivity contribution in [2.45, 2.75) is 26.9 Å². The van der Waals surface area contributed by atoms with Crippen molar-refractivity contribution >= 4 is 17.5 Å². The molecule has 2 N–H and O–H groups in total. The molecule has 0 atom stereocenters. The molecule has 3 aromatic rings. The SMILES string of the molecule is CC(C)CCNC(=O)c1cc(COc2ccc(NC(=O)c3ccc(F)cc3)cc2)on1. The summed E-state index contributed by atoms with van der Waals surface area (Å²) < 4.78 is 23.7. The minimum Gasteiger partial charge on any atom is -0.486 e. The van der Waals surface area contributed by atoms with Gasteiger partial charge in [0.25, 0.3) is 11.8 Å². The van der Waals surface area contributed by atoms with Crippen LogP contribution in [-0.4, -0.2) is 23.5 Å². The molecule has 0 aliphatic carbocycles. The van der Waals surface area contributed by atoms with Gasteiger partial charge in [-0.05, 0) is 60.9 Å². The zero-order valence-corrected chi connectivity index (χ0v) is 17.4. The fraction of sp³-hybridized carbons (Fsp3) is 0.261. The van der Waals surface area contributed by atoms with E-state index in [1.54, 1.807) is 30.3 Å². The first kappa shape index (κ1) is 22.0. The smallest absolute Gasteiger partial charge is 0.273 e. The maximum atomic E-state index is 13.0. The molecule has 0 unspecified atom stereocenters. The molecule has 1 heterocycles. The molecule has 8 heteroatoms. The molecule has 0 aliphatic heterocycles. The number of benzene rings is 2. The highest BCUT2D eigenvalue weighted by Crippen LogP contribution is 2.18. The highest BCUT2D eigenvalue weighted by molar-refractivity contribution is 6.04. The Morgan fingerprint density at radius 2 is 1.77 bits per heavy atom. The van der Waals surface area contributed by atoms with Crippen LogP contribution in [0.15, 0.2) is 59.1 Å². The highest BCUT2D eigenvalue weighted by atomic mass is 19.1. The van der Waals surface area contributed by atoms with Crippen LogP contribution in [-0.2, 0) is 6.61 Å². The fourth-order valence-electron chi connectivity index (χ4n) is 2.65. The number of nitrogens with zero attached hydrogens (tertiary/aromatic N) is 1. The normalized spacial score (nSPS) is 10.7. The Bertz CT molecular complexity index is 1010. The van der Waals surface area contributed by atoms with E-state index in [9.17, 15) is 14.0 Å². The lowest BCUT2D eigenvalue weighted by atomic mass is 10.1. The monoisotopic (exact) mass is 425 g/mol. The number of carbonyl (C=O) groups is 2. The molecule has 0 spiro atoms. The van der Waals surface area contributed by atoms with Gasteiger partial charge in [-0.1, -0.05) is 19.0 Å². The Balaban J connectivity index is 1.48. The molecule has 0 fully saturated rings. The quantitative estimate of drug-likeness (QED) is 0.529. The summed E-state index contributed by atoms with van der Waals surface area (Å²) in [6.45, 7) is 4.86. The van der Waals surface area contributed by atoms with Gasteiger partial charge in [0.05, 0.1) is 0 Å². The van der Waals surface area contributed by atoms with Gasteiger partial charge >= 0.3 is 0 Å². The summed E-state index contributed by atoms with van der Waals surface area (Å²) in [4.78, 5) is 24.2. The number of ether oxygens (including phenoxy) is 1. The molecular weight excluding hydrogens is 401 g/mol. The average molecular weight is 425 g/mol. The van der Waals surface area contributed by atoms with Crippen molar-refractivity contribution in [3.8, 4) is 5.75 Å². The van der Waals surface area contributed by atoms with Crippen LogP contribution in [0.25, 0.3) is 0 Å². The maximum absolute atomic E-state index is 13.0. The molecule has 2 aromatic carbocycles. The van der Waals surface area contributed by atoms with E-state index in [2.05, 4.69) is 29.6 Å². The van der Waals surface area contributed by atoms with Crippen LogP contribution in [0, 0.1) is 11.7 Å². The van der Waals surface area contributed by atoms with Crippen LogP contribution >= 0.6 is 0 Å². The number of rotatable bonds is 9. The van der Waals surface area contributed by atoms with E-state index in [4.69, 9.17) is 9.26 Å². The largest absolute Gasteiger partial charge is 0.486 e. The van der Waals surface area contributed by atoms with Gasteiger partial charge in [0.15, 0.2) is 11.5 Å². The number of hydrogen-bond acceptors (Lipinski definition) is 5. The Kier molecular flexibility index (Phi) is 7.37. The number of aromatic nitrogens is 1. The molecule has 162 valence electrons. The zero-order valence-electron chi connectivity index (χ0n) is 17.4. The second kappa shape index (κ2) is 10.4. The molecule has 0 bridgehead atoms. The zero-order chi connectivity index (χ0) is 22.2. The van der Waals surface area contributed by atoms with Crippen molar-refractivity contribution in [2.75, 3.05) is 11.9 Å². The number of halogens is 1. The van der Waals surface area contributed by atoms with Crippen LogP contribution < -0.4 is 15.4 Å². The summed E-state index contributed by atoms with van der Waals surface area (Å²) in [5.74, 6) is 0.459. The second-order valence-electron chi connectivity index (χ2n) is 7.39. The molecule has 0 saturated heterocycles. The van der Waals surface area contributed by atoms with Crippen LogP contribution in [0.4, 0.5) is 10.1 Å². The fourth-order valence-corrected chi connectivity index (χ4v) is 2.65. The maximum Gasteiger partial charge on any atom is 0.273 e. The standard InChI is InChI=1S/C23H24FN3O4/c1-15(2)11-12-25-23(29)21-13-20(31-27-21)14-30-19-9-7-18(8-10-19)26-22(28)16-3-5-17(24)6-4-16/h3-10,13,15H,11-12,14H2,1-2H3,(H,25,29)(H,26,28). The second-order valence-corrected chi connectivity index (χ2v) is 7.39. The molecule has 2 amide bonds. The van der Waals surface area contributed by atoms with Gasteiger partial charge < -0.3 is 19.9 Å². The minimum absolute atomic E-state index is 0.105. The van der Waals surface area contributed by atoms with Gasteiger partial charge in [-0.15, -0.1) is 0 Å². The molecular formula is C23H24FN3O4. The molecule has 31 heavy (non-hydrogen) atoms. The first-order chi connectivity index (χ1) is 14.9. The van der Waals surface area contributed by atoms with Crippen molar-refractivity contribution < 1.29 is 23.2 Å². The molecule has 0 radical (unpaired) electrons. The van der Waals surface area contributed by atoms with Gasteiger partial charge in [0, 0.05) is 23.9 Å². The average Bonchev–Trinajstić information content (AvgIpc) is 3.22. The Morgan fingerprint density at radius 3 is 2.45 bits per heavy atom. The van der Waals surface area contributed by atoms with E-state index >= 15 is 0 Å². The van der Waals surface area contributed by atoms with Crippen LogP contribution in [0.5, 0.6) is 5.75 Å². The third-order valence-electron chi connectivity index (χ3n) is 4.40. The lowest BCUT2D eigenvalue weighted by Gasteiger charge is -2.07. The third kappa shape index (κ3) is 6.67. The van der Waals surface area contributed by atoms with E-state index in [0.29, 0.717) is 35.2 Å². The minimum atomic E-state index is -0.399. The van der Waals surface area contributed by atoms with Crippen molar-refractivity contribution in [3.05, 3.63) is 77.4 Å². The van der Waals surface area contributed by atoms with Gasteiger partial charge in [-0.25, -0.2) is 4.39 Å². The number of hydrogen-bond donors (Lipinski definition) is 2. The molecule has 3 rings (SSSR count). The van der Waals surface area contributed by atoms with E-state index in [0.717, 1.165) is 6.42 Å². The van der Waals surface area contributed by atoms with Crippen molar-refractivity contribution in [2.24, 2.45) is 5.92 Å². The summed E-state index contributed by atoms with van der Waals surface area (Å²) in [6, 6.07) is 13.6. The summed E-state index contributed by atoms with van der Waals surface area (Å²) >= 11 is 0. The Hall–Kier alpha value is -3.68. The Labute approximate surface area is 179 Å². The van der Waals surface area contributed by atoms with Gasteiger partial charge in [-0.2, -0.15) is 0 Å². The molecule has 0 saturated carbocycles. The topological polar surface area (TPSA) is 93.5 Å². The van der Waals surface area contributed by atoms with Gasteiger partial charge in [0.2, 0.25) is 0 Å². The van der Waals surface area contributed by atoms with E-state index in [-0.39, 0.29) is 24.1 Å². The number of nitrogens with one attached hydrogen (secondary N) is 2. The number of anilines is 1. The summed E-state index contributed by atoms with van der Waals surface area (Å²) in [6.07, 6.45) is 0.889. The molecule has 7 nitrogen and oxygen atoms in total. The van der Waals surface area contributed by atoms with Crippen LogP contribution in [0.1, 0.15) is 46.9 Å². The molecule has 1 aromatic heterocycles. The van der Waals surface area contributed by atoms with Crippen molar-refractivity contribution in [1.29, 1.82) is 0 Å². The predicted molar refractivity (Wildman–Crippen MR) is 113 cm³/mol. The van der Waals surface area contributed by atoms with E-state index in [1.807, 2.05) is 0 Å². The van der Waals surface area contributed by atoms with Gasteiger partial charge in [0.1, 0.15) is 18.2 Å². The summed E-state index contributed by atoms with van der Waals surface area (Å²) in [7, 11) is 0. The predicted octanol–water partition coefficient (Wildman–Crippen LogP) is 4.42. The Morgan fingerprint density at radius 1 is 1.06 bits per heavy atom. The highest BCUT2D eigenvalue weighted by Gasteiger charge is 2.13. The number of amides is 2. The van der Waals surface area contributed by atoms with Crippen LogP contribution in [0.2, 0.25) is 0 Å². The number of carbonyl (C=O) groups excluding carboxylic acids is 2. The lowest BCUT2D eigenvalue weighted by Crippen LogP contribution is -2.25. The summed E-state index contributed by atoms with van der Waals surface area (Å²) in [5.41, 5.74) is 1.14. The lowest BCUT2D eigenvalue weighted by molar-refractivity contribution is 0.0941. The first-order valence-corrected chi connectivity index (χ1v) is 9.94. The van der Waals surface area contributed by atoms with Crippen molar-refractivity contribution in [3.63, 3.8) is 0 Å². The van der Waals surface area contributed by atoms with Crippen LogP contribution in [0.3, 0.4) is 0 Å². The summed E-state index contributed by atoms with van der Waals surface area (Å²) in [5, 5.41) is 9.30. The first-order valence-electron chi connectivity index (χ1n) is 9.94. The molecule has 0 aliphatic rings. The van der Waals surface area contributed by atoms with Crippen molar-refractivity contribution in [1.82, 2.24) is 10.5 Å². The van der Waals surface area contributed by atoms with Gasteiger partial charge in [-0.3, -0.25) is 9.59 Å². The van der Waals surface area contributed by atoms with E-state index in [1.165, 1.54) is 24.3 Å². The van der Waals surface area contributed by atoms with E-state index < -0.39 is 5.82 Å². The third-order valence-corrected chi connectivity index (χ3v) is 4.40.